The average Bonchev–Trinajstić information content (AvgIpc) is 2.41. The highest BCUT2D eigenvalue weighted by Crippen LogP contribution is 2.23. The monoisotopic (exact) mass is 280 g/mol. The van der Waals surface area contributed by atoms with Crippen molar-refractivity contribution in [2.75, 3.05) is 33.7 Å². The van der Waals surface area contributed by atoms with Crippen LogP contribution in [-0.4, -0.2) is 54.5 Å². The van der Waals surface area contributed by atoms with Gasteiger partial charge in [0.05, 0.1) is 5.56 Å². The van der Waals surface area contributed by atoms with Crippen molar-refractivity contribution < 1.29 is 14.3 Å². The molecule has 1 fully saturated rings. The average molecular weight is 280 g/mol. The molecule has 1 N–H and O–H groups in total. The van der Waals surface area contributed by atoms with Gasteiger partial charge in [0.25, 0.3) is 5.91 Å². The van der Waals surface area contributed by atoms with E-state index in [1.165, 1.54) is 6.07 Å². The van der Waals surface area contributed by atoms with Crippen LogP contribution in [-0.2, 0) is 0 Å². The largest absolute Gasteiger partial charge is 0.507 e. The minimum Gasteiger partial charge on any atom is -0.507 e. The van der Waals surface area contributed by atoms with Crippen LogP contribution in [0.25, 0.3) is 0 Å². The Balaban J connectivity index is 2.00. The maximum absolute atomic E-state index is 13.2. The standard InChI is InChI=1S/C15H21FN2O2/c1-17(2)10-11-5-7-18(8-6-11)15(20)13-9-12(16)3-4-14(13)19/h3-4,9,11,19H,5-8,10H2,1-2H3. The summed E-state index contributed by atoms with van der Waals surface area (Å²) in [6.45, 7) is 2.34. The fourth-order valence-corrected chi connectivity index (χ4v) is 2.68. The van der Waals surface area contributed by atoms with Crippen molar-refractivity contribution in [1.82, 2.24) is 9.80 Å². The number of phenolic OH excluding ortho intramolecular Hbond substituents is 1. The van der Waals surface area contributed by atoms with Gasteiger partial charge in [-0.05, 0) is 51.1 Å². The van der Waals surface area contributed by atoms with E-state index in [0.29, 0.717) is 19.0 Å². The second-order valence-corrected chi connectivity index (χ2v) is 5.66. The molecule has 1 amide bonds. The normalized spacial score (nSPS) is 16.7. The number of benzene rings is 1. The molecule has 1 saturated heterocycles. The maximum atomic E-state index is 13.2. The lowest BCUT2D eigenvalue weighted by Gasteiger charge is -2.33. The third-order valence-corrected chi connectivity index (χ3v) is 3.71. The molecule has 1 heterocycles. The number of hydrogen-bond donors (Lipinski definition) is 1. The molecule has 0 saturated carbocycles. The second kappa shape index (κ2) is 6.22. The van der Waals surface area contributed by atoms with Crippen LogP contribution in [0.3, 0.4) is 0 Å². The van der Waals surface area contributed by atoms with Crippen LogP contribution in [0.5, 0.6) is 5.75 Å². The molecule has 0 aliphatic carbocycles. The Kier molecular flexibility index (Phi) is 4.60. The molecule has 1 aromatic rings. The van der Waals surface area contributed by atoms with Crippen LogP contribution in [0.15, 0.2) is 18.2 Å². The van der Waals surface area contributed by atoms with Crippen molar-refractivity contribution in [3.63, 3.8) is 0 Å². The summed E-state index contributed by atoms with van der Waals surface area (Å²) in [5.74, 6) is -0.360. The Bertz CT molecular complexity index is 483. The summed E-state index contributed by atoms with van der Waals surface area (Å²) in [5.41, 5.74) is 0.0519. The molecule has 0 spiro atoms. The van der Waals surface area contributed by atoms with Crippen molar-refractivity contribution >= 4 is 5.91 Å². The highest BCUT2D eigenvalue weighted by atomic mass is 19.1. The SMILES string of the molecule is CN(C)CC1CCN(C(=O)c2cc(F)ccc2O)CC1. The quantitative estimate of drug-likeness (QED) is 0.920. The van der Waals surface area contributed by atoms with Crippen LogP contribution in [0.4, 0.5) is 4.39 Å². The van der Waals surface area contributed by atoms with Crippen LogP contribution in [0, 0.1) is 11.7 Å². The number of hydrogen-bond acceptors (Lipinski definition) is 3. The Morgan fingerprint density at radius 1 is 1.40 bits per heavy atom. The zero-order valence-corrected chi connectivity index (χ0v) is 12.0. The molecule has 5 heteroatoms. The Labute approximate surface area is 118 Å². The van der Waals surface area contributed by atoms with Gasteiger partial charge in [-0.2, -0.15) is 0 Å². The highest BCUT2D eigenvalue weighted by Gasteiger charge is 2.25. The first-order chi connectivity index (χ1) is 9.47. The van der Waals surface area contributed by atoms with Gasteiger partial charge in [0.15, 0.2) is 0 Å². The van der Waals surface area contributed by atoms with E-state index in [9.17, 15) is 14.3 Å². The summed E-state index contributed by atoms with van der Waals surface area (Å²) >= 11 is 0. The summed E-state index contributed by atoms with van der Waals surface area (Å²) in [6.07, 6.45) is 1.89. The second-order valence-electron chi connectivity index (χ2n) is 5.66. The smallest absolute Gasteiger partial charge is 0.257 e. The molecule has 4 nitrogen and oxygen atoms in total. The molecule has 0 bridgehead atoms. The summed E-state index contributed by atoms with van der Waals surface area (Å²) < 4.78 is 13.2. The summed E-state index contributed by atoms with van der Waals surface area (Å²) in [6, 6.07) is 3.47. The zero-order valence-electron chi connectivity index (χ0n) is 12.0. The number of halogens is 1. The molecule has 1 aliphatic heterocycles. The summed E-state index contributed by atoms with van der Waals surface area (Å²) in [4.78, 5) is 16.1. The fourth-order valence-electron chi connectivity index (χ4n) is 2.68. The van der Waals surface area contributed by atoms with E-state index < -0.39 is 5.82 Å². The van der Waals surface area contributed by atoms with E-state index >= 15 is 0 Å². The lowest BCUT2D eigenvalue weighted by molar-refractivity contribution is 0.0674. The van der Waals surface area contributed by atoms with Gasteiger partial charge in [0.1, 0.15) is 11.6 Å². The van der Waals surface area contributed by atoms with Crippen molar-refractivity contribution in [3.05, 3.63) is 29.6 Å². The van der Waals surface area contributed by atoms with E-state index in [4.69, 9.17) is 0 Å². The molecular weight excluding hydrogens is 259 g/mol. The molecule has 0 unspecified atom stereocenters. The van der Waals surface area contributed by atoms with Gasteiger partial charge in [-0.3, -0.25) is 4.79 Å². The first-order valence-electron chi connectivity index (χ1n) is 6.90. The number of likely N-dealkylation sites (tertiary alicyclic amines) is 1. The van der Waals surface area contributed by atoms with Crippen LogP contribution in [0.1, 0.15) is 23.2 Å². The van der Waals surface area contributed by atoms with Crippen LogP contribution >= 0.6 is 0 Å². The minimum absolute atomic E-state index is 0.0519. The third-order valence-electron chi connectivity index (χ3n) is 3.71. The summed E-state index contributed by atoms with van der Waals surface area (Å²) in [5, 5.41) is 9.69. The predicted molar refractivity (Wildman–Crippen MR) is 75.2 cm³/mol. The number of amides is 1. The van der Waals surface area contributed by atoms with Gasteiger partial charge in [-0.1, -0.05) is 0 Å². The lowest BCUT2D eigenvalue weighted by Crippen LogP contribution is -2.40. The zero-order chi connectivity index (χ0) is 14.7. The molecule has 1 aliphatic rings. The number of phenols is 1. The molecule has 1 aromatic carbocycles. The van der Waals surface area contributed by atoms with Gasteiger partial charge in [0, 0.05) is 19.6 Å². The third kappa shape index (κ3) is 3.48. The predicted octanol–water partition coefficient (Wildman–Crippen LogP) is 1.95. The van der Waals surface area contributed by atoms with Crippen molar-refractivity contribution in [2.45, 2.75) is 12.8 Å². The van der Waals surface area contributed by atoms with Gasteiger partial charge in [-0.15, -0.1) is 0 Å². The first-order valence-corrected chi connectivity index (χ1v) is 6.90. The van der Waals surface area contributed by atoms with E-state index in [2.05, 4.69) is 4.90 Å². The van der Waals surface area contributed by atoms with Crippen LogP contribution < -0.4 is 0 Å². The molecule has 20 heavy (non-hydrogen) atoms. The topological polar surface area (TPSA) is 43.8 Å². The number of nitrogens with zero attached hydrogens (tertiary/aromatic N) is 2. The number of rotatable bonds is 3. The van der Waals surface area contributed by atoms with E-state index in [0.717, 1.165) is 31.5 Å². The maximum Gasteiger partial charge on any atom is 0.257 e. The fraction of sp³-hybridized carbons (Fsp3) is 0.533. The Morgan fingerprint density at radius 3 is 2.65 bits per heavy atom. The highest BCUT2D eigenvalue weighted by molar-refractivity contribution is 5.96. The molecule has 0 aromatic heterocycles. The van der Waals surface area contributed by atoms with E-state index in [-0.39, 0.29) is 17.2 Å². The van der Waals surface area contributed by atoms with Crippen molar-refractivity contribution in [1.29, 1.82) is 0 Å². The minimum atomic E-state index is -0.506. The van der Waals surface area contributed by atoms with E-state index in [1.54, 1.807) is 4.90 Å². The van der Waals surface area contributed by atoms with Crippen molar-refractivity contribution in [2.24, 2.45) is 5.92 Å². The number of piperidine rings is 1. The molecule has 0 atom stereocenters. The number of carbonyl (C=O) groups is 1. The van der Waals surface area contributed by atoms with Gasteiger partial charge < -0.3 is 14.9 Å². The molecule has 2 rings (SSSR count). The molecule has 110 valence electrons. The lowest BCUT2D eigenvalue weighted by atomic mass is 9.96. The van der Waals surface area contributed by atoms with Gasteiger partial charge in [0.2, 0.25) is 0 Å². The number of aromatic hydroxyl groups is 1. The summed E-state index contributed by atoms with van der Waals surface area (Å²) in [7, 11) is 4.09. The first kappa shape index (κ1) is 14.8. The number of carbonyl (C=O) groups excluding carboxylic acids is 1. The van der Waals surface area contributed by atoms with Crippen molar-refractivity contribution in [3.8, 4) is 5.75 Å². The van der Waals surface area contributed by atoms with E-state index in [1.807, 2.05) is 14.1 Å². The van der Waals surface area contributed by atoms with Gasteiger partial charge >= 0.3 is 0 Å². The van der Waals surface area contributed by atoms with Gasteiger partial charge in [-0.25, -0.2) is 4.39 Å². The van der Waals surface area contributed by atoms with Crippen LogP contribution in [0.2, 0.25) is 0 Å². The molecule has 0 radical (unpaired) electrons. The Hall–Kier alpha value is -1.62. The Morgan fingerprint density at radius 2 is 2.05 bits per heavy atom. The molecular formula is C15H21FN2O2.